The first kappa shape index (κ1) is 16.1. The van der Waals surface area contributed by atoms with Crippen LogP contribution in [0.4, 0.5) is 0 Å². The Morgan fingerprint density at radius 1 is 1.06 bits per heavy atom. The second-order valence-electron chi connectivity index (χ2n) is 7.11. The van der Waals surface area contributed by atoms with E-state index in [2.05, 4.69) is 47.7 Å². The van der Waals surface area contributed by atoms with Crippen LogP contribution >= 0.6 is 0 Å². The van der Waals surface area contributed by atoms with Crippen LogP contribution < -0.4 is 5.73 Å². The fourth-order valence-corrected chi connectivity index (χ4v) is 2.43. The van der Waals surface area contributed by atoms with E-state index in [1.165, 1.54) is 0 Å². The molecule has 0 amide bonds. The molecule has 98 valence electrons. The molecule has 0 bridgehead atoms. The van der Waals surface area contributed by atoms with Crippen LogP contribution in [-0.2, 0) is 4.43 Å². The molecule has 16 heavy (non-hydrogen) atoms. The molecule has 0 spiro atoms. The van der Waals surface area contributed by atoms with Crippen molar-refractivity contribution in [3.05, 3.63) is 0 Å². The van der Waals surface area contributed by atoms with Gasteiger partial charge in [-0.05, 0) is 42.9 Å². The van der Waals surface area contributed by atoms with E-state index in [0.29, 0.717) is 5.04 Å². The maximum absolute atomic E-state index is 6.25. The molecule has 0 saturated heterocycles. The topological polar surface area (TPSA) is 35.2 Å². The highest BCUT2D eigenvalue weighted by molar-refractivity contribution is 6.74. The average Bonchev–Trinajstić information content (AvgIpc) is 2.10. The Morgan fingerprint density at radius 3 is 1.94 bits per heavy atom. The SMILES string of the molecule is CC(C)(CCCN)CO[Si](C)(C)C(C)(C)C. The molecule has 0 aliphatic rings. The van der Waals surface area contributed by atoms with Crippen molar-refractivity contribution >= 4 is 8.32 Å². The Labute approximate surface area is 103 Å². The lowest BCUT2D eigenvalue weighted by Gasteiger charge is -2.39. The molecule has 0 fully saturated rings. The molecule has 0 saturated carbocycles. The zero-order valence-electron chi connectivity index (χ0n) is 12.3. The van der Waals surface area contributed by atoms with Crippen LogP contribution in [0.5, 0.6) is 0 Å². The lowest BCUT2D eigenvalue weighted by atomic mass is 9.89. The molecule has 0 aromatic rings. The van der Waals surface area contributed by atoms with Crippen molar-refractivity contribution in [1.29, 1.82) is 0 Å². The van der Waals surface area contributed by atoms with Gasteiger partial charge in [-0.3, -0.25) is 0 Å². The predicted octanol–water partition coefficient (Wildman–Crippen LogP) is 3.77. The quantitative estimate of drug-likeness (QED) is 0.723. The summed E-state index contributed by atoms with van der Waals surface area (Å²) in [5.74, 6) is 0. The zero-order valence-corrected chi connectivity index (χ0v) is 13.3. The highest BCUT2D eigenvalue weighted by Gasteiger charge is 2.38. The van der Waals surface area contributed by atoms with Gasteiger partial charge in [-0.2, -0.15) is 0 Å². The zero-order chi connectivity index (χ0) is 13.0. The van der Waals surface area contributed by atoms with E-state index in [-0.39, 0.29) is 5.41 Å². The van der Waals surface area contributed by atoms with E-state index >= 15 is 0 Å². The smallest absolute Gasteiger partial charge is 0.192 e. The van der Waals surface area contributed by atoms with E-state index in [4.69, 9.17) is 10.2 Å². The van der Waals surface area contributed by atoms with E-state index in [1.807, 2.05) is 0 Å². The van der Waals surface area contributed by atoms with Gasteiger partial charge in [0.05, 0.1) is 0 Å². The van der Waals surface area contributed by atoms with Gasteiger partial charge in [0, 0.05) is 6.61 Å². The third-order valence-corrected chi connectivity index (χ3v) is 8.17. The van der Waals surface area contributed by atoms with Crippen molar-refractivity contribution in [2.75, 3.05) is 13.2 Å². The molecule has 0 aliphatic heterocycles. The fraction of sp³-hybridized carbons (Fsp3) is 1.00. The van der Waals surface area contributed by atoms with E-state index in [9.17, 15) is 0 Å². The molecule has 0 aliphatic carbocycles. The number of rotatable bonds is 6. The Hall–Kier alpha value is 0.137. The van der Waals surface area contributed by atoms with Gasteiger partial charge in [-0.25, -0.2) is 0 Å². The van der Waals surface area contributed by atoms with Gasteiger partial charge in [0.25, 0.3) is 0 Å². The lowest BCUT2D eigenvalue weighted by molar-refractivity contribution is 0.154. The Kier molecular flexibility index (Phi) is 5.70. The summed E-state index contributed by atoms with van der Waals surface area (Å²) >= 11 is 0. The molecule has 3 heteroatoms. The molecular formula is C13H31NOSi. The number of nitrogens with two attached hydrogens (primary N) is 1. The summed E-state index contributed by atoms with van der Waals surface area (Å²) in [4.78, 5) is 0. The minimum absolute atomic E-state index is 0.259. The first-order chi connectivity index (χ1) is 7.02. The van der Waals surface area contributed by atoms with Crippen molar-refractivity contribution in [2.24, 2.45) is 11.1 Å². The minimum atomic E-state index is -1.59. The van der Waals surface area contributed by atoms with E-state index in [1.54, 1.807) is 0 Å². The van der Waals surface area contributed by atoms with Gasteiger partial charge < -0.3 is 10.2 Å². The summed E-state index contributed by atoms with van der Waals surface area (Å²) in [7, 11) is -1.59. The summed E-state index contributed by atoms with van der Waals surface area (Å²) in [6.07, 6.45) is 2.24. The van der Waals surface area contributed by atoms with Crippen LogP contribution in [0.3, 0.4) is 0 Å². The summed E-state index contributed by atoms with van der Waals surface area (Å²) in [5.41, 5.74) is 5.81. The average molecular weight is 245 g/mol. The van der Waals surface area contributed by atoms with Crippen LogP contribution in [0.1, 0.15) is 47.5 Å². The monoisotopic (exact) mass is 245 g/mol. The molecule has 0 aromatic carbocycles. The van der Waals surface area contributed by atoms with E-state index in [0.717, 1.165) is 26.0 Å². The number of hydrogen-bond acceptors (Lipinski definition) is 2. The summed E-state index contributed by atoms with van der Waals surface area (Å²) in [6.45, 7) is 17.7. The van der Waals surface area contributed by atoms with Crippen LogP contribution in [0.25, 0.3) is 0 Å². The molecule has 0 heterocycles. The Balaban J connectivity index is 4.23. The molecule has 0 unspecified atom stereocenters. The van der Waals surface area contributed by atoms with Gasteiger partial charge in [0.2, 0.25) is 0 Å². The highest BCUT2D eigenvalue weighted by Crippen LogP contribution is 2.38. The highest BCUT2D eigenvalue weighted by atomic mass is 28.4. The third-order valence-electron chi connectivity index (χ3n) is 3.69. The van der Waals surface area contributed by atoms with Gasteiger partial charge in [-0.15, -0.1) is 0 Å². The lowest BCUT2D eigenvalue weighted by Crippen LogP contribution is -2.43. The molecular weight excluding hydrogens is 214 g/mol. The molecule has 0 atom stereocenters. The maximum Gasteiger partial charge on any atom is 0.192 e. The van der Waals surface area contributed by atoms with Crippen LogP contribution in [-0.4, -0.2) is 21.5 Å². The molecule has 0 rings (SSSR count). The van der Waals surface area contributed by atoms with Crippen molar-refractivity contribution in [3.63, 3.8) is 0 Å². The number of hydrogen-bond donors (Lipinski definition) is 1. The first-order valence-corrected chi connectivity index (χ1v) is 9.27. The molecule has 2 N–H and O–H groups in total. The van der Waals surface area contributed by atoms with Gasteiger partial charge in [0.1, 0.15) is 0 Å². The van der Waals surface area contributed by atoms with Crippen molar-refractivity contribution in [3.8, 4) is 0 Å². The summed E-state index contributed by atoms with van der Waals surface area (Å²) in [5, 5.41) is 0.303. The summed E-state index contributed by atoms with van der Waals surface area (Å²) < 4.78 is 6.25. The standard InChI is InChI=1S/C13H31NOSi/c1-12(2,3)16(6,7)15-11-13(4,5)9-8-10-14/h8-11,14H2,1-7H3. The fourth-order valence-electron chi connectivity index (χ4n) is 1.25. The van der Waals surface area contributed by atoms with E-state index < -0.39 is 8.32 Å². The van der Waals surface area contributed by atoms with Gasteiger partial charge in [-0.1, -0.05) is 34.6 Å². The van der Waals surface area contributed by atoms with Gasteiger partial charge >= 0.3 is 0 Å². The molecule has 0 radical (unpaired) electrons. The van der Waals surface area contributed by atoms with Crippen LogP contribution in [0, 0.1) is 5.41 Å². The van der Waals surface area contributed by atoms with Crippen molar-refractivity contribution in [1.82, 2.24) is 0 Å². The van der Waals surface area contributed by atoms with Crippen molar-refractivity contribution in [2.45, 2.75) is 65.6 Å². The second kappa shape index (κ2) is 5.65. The largest absolute Gasteiger partial charge is 0.416 e. The Bertz CT molecular complexity index is 206. The van der Waals surface area contributed by atoms with Crippen molar-refractivity contribution < 1.29 is 4.43 Å². The minimum Gasteiger partial charge on any atom is -0.416 e. The maximum atomic E-state index is 6.25. The summed E-state index contributed by atoms with van der Waals surface area (Å²) in [6, 6.07) is 0. The molecule has 0 aromatic heterocycles. The molecule has 2 nitrogen and oxygen atoms in total. The normalized spacial score (nSPS) is 14.2. The van der Waals surface area contributed by atoms with Gasteiger partial charge in [0.15, 0.2) is 8.32 Å². The van der Waals surface area contributed by atoms with Crippen LogP contribution in [0.15, 0.2) is 0 Å². The van der Waals surface area contributed by atoms with Crippen LogP contribution in [0.2, 0.25) is 18.1 Å². The predicted molar refractivity (Wildman–Crippen MR) is 75.2 cm³/mol. The second-order valence-corrected chi connectivity index (χ2v) is 11.9. The third kappa shape index (κ3) is 5.46. The first-order valence-electron chi connectivity index (χ1n) is 6.36. The Morgan fingerprint density at radius 2 is 1.56 bits per heavy atom.